The highest BCUT2D eigenvalue weighted by Crippen LogP contribution is 2.67. The van der Waals surface area contributed by atoms with Crippen molar-refractivity contribution in [3.05, 3.63) is 52.6 Å². The number of fused-ring (bicyclic) bond motifs is 4. The van der Waals surface area contributed by atoms with Gasteiger partial charge in [-0.1, -0.05) is 30.6 Å². The van der Waals surface area contributed by atoms with E-state index in [1.807, 2.05) is 13.0 Å². The van der Waals surface area contributed by atoms with Crippen LogP contribution in [0.3, 0.4) is 0 Å². The topological polar surface area (TPSA) is 43.8 Å². The zero-order valence-electron chi connectivity index (χ0n) is 21.3. The van der Waals surface area contributed by atoms with E-state index in [9.17, 15) is 10.0 Å². The minimum absolute atomic E-state index is 0.120. The molecule has 34 heavy (non-hydrogen) atoms. The molecule has 0 bridgehead atoms. The van der Waals surface area contributed by atoms with Crippen LogP contribution >= 0.6 is 0 Å². The summed E-state index contributed by atoms with van der Waals surface area (Å²) >= 11 is 0. The number of carbonyl (C=O) groups excluding carboxylic acids is 1. The molecular formula is C30H38N2O2. The Morgan fingerprint density at radius 1 is 1.06 bits per heavy atom. The molecule has 0 radical (unpaired) electrons. The van der Waals surface area contributed by atoms with Crippen LogP contribution in [-0.4, -0.2) is 42.7 Å². The summed E-state index contributed by atoms with van der Waals surface area (Å²) < 4.78 is 0. The molecule has 1 aromatic carbocycles. The standard InChI is InChI=1S/C30H38N2O2/c1-6-16-30(32(5)34)17-15-27-25-13-9-21-18-23(33)12-14-24(21)28(25)26(19-29(27,30)2)20-7-10-22(11-8-20)31(3)4/h7-8,10-11,18,25-27,34H,9,12-15,17,19H2,1-5H3/t25-,26?,27-,29-,30?/m0/s1. The Morgan fingerprint density at radius 3 is 2.44 bits per heavy atom. The molecular weight excluding hydrogens is 420 g/mol. The van der Waals surface area contributed by atoms with Gasteiger partial charge in [-0.25, -0.2) is 0 Å². The summed E-state index contributed by atoms with van der Waals surface area (Å²) in [6.07, 6.45) is 8.49. The molecule has 4 nitrogen and oxygen atoms in total. The fourth-order valence-electron chi connectivity index (χ4n) is 7.99. The van der Waals surface area contributed by atoms with E-state index in [0.29, 0.717) is 18.3 Å². The zero-order valence-corrected chi connectivity index (χ0v) is 21.3. The van der Waals surface area contributed by atoms with Crippen LogP contribution in [0.1, 0.15) is 70.3 Å². The number of ketones is 1. The van der Waals surface area contributed by atoms with Crippen LogP contribution in [0.25, 0.3) is 0 Å². The Bertz CT molecular complexity index is 1120. The second-order valence-corrected chi connectivity index (χ2v) is 11.3. The third kappa shape index (κ3) is 3.32. The lowest BCUT2D eigenvalue weighted by atomic mass is 9.50. The summed E-state index contributed by atoms with van der Waals surface area (Å²) in [7, 11) is 5.94. The third-order valence-electron chi connectivity index (χ3n) is 9.58. The van der Waals surface area contributed by atoms with Gasteiger partial charge in [0, 0.05) is 44.6 Å². The van der Waals surface area contributed by atoms with E-state index in [0.717, 1.165) is 38.5 Å². The van der Waals surface area contributed by atoms with Crippen LogP contribution in [0.2, 0.25) is 0 Å². The molecule has 0 aromatic heterocycles. The number of hydrogen-bond donors (Lipinski definition) is 1. The number of rotatable bonds is 3. The molecule has 4 aliphatic carbocycles. The van der Waals surface area contributed by atoms with Gasteiger partial charge >= 0.3 is 0 Å². The molecule has 0 amide bonds. The highest BCUT2D eigenvalue weighted by Gasteiger charge is 2.64. The first-order chi connectivity index (χ1) is 16.2. The van der Waals surface area contributed by atoms with Crippen molar-refractivity contribution in [1.82, 2.24) is 5.06 Å². The monoisotopic (exact) mass is 458 g/mol. The van der Waals surface area contributed by atoms with Gasteiger partial charge in [-0.15, -0.1) is 5.92 Å². The zero-order chi connectivity index (χ0) is 24.3. The Balaban J connectivity index is 1.69. The lowest BCUT2D eigenvalue weighted by Gasteiger charge is -2.56. The van der Waals surface area contributed by atoms with Crippen molar-refractivity contribution in [2.45, 2.75) is 70.3 Å². The maximum Gasteiger partial charge on any atom is 0.156 e. The molecule has 4 heteroatoms. The summed E-state index contributed by atoms with van der Waals surface area (Å²) in [5.41, 5.74) is 6.25. The van der Waals surface area contributed by atoms with Crippen molar-refractivity contribution in [1.29, 1.82) is 0 Å². The normalized spacial score (nSPS) is 34.6. The number of nitrogens with zero attached hydrogens (tertiary/aromatic N) is 2. The maximum absolute atomic E-state index is 12.2. The molecule has 180 valence electrons. The Morgan fingerprint density at radius 2 is 1.79 bits per heavy atom. The number of hydroxylamine groups is 2. The molecule has 0 heterocycles. The van der Waals surface area contributed by atoms with Gasteiger partial charge in [0.05, 0.1) is 0 Å². The van der Waals surface area contributed by atoms with Crippen molar-refractivity contribution in [2.75, 3.05) is 26.0 Å². The van der Waals surface area contributed by atoms with E-state index in [2.05, 4.69) is 62.0 Å². The fourth-order valence-corrected chi connectivity index (χ4v) is 7.99. The Hall–Kier alpha value is -2.35. The van der Waals surface area contributed by atoms with E-state index in [4.69, 9.17) is 0 Å². The molecule has 5 rings (SSSR count). The van der Waals surface area contributed by atoms with E-state index < -0.39 is 5.54 Å². The first-order valence-corrected chi connectivity index (χ1v) is 12.8. The molecule has 2 fully saturated rings. The molecule has 1 aromatic rings. The highest BCUT2D eigenvalue weighted by molar-refractivity contribution is 5.93. The summed E-state index contributed by atoms with van der Waals surface area (Å²) in [6, 6.07) is 9.04. The summed E-state index contributed by atoms with van der Waals surface area (Å²) in [4.78, 5) is 14.4. The number of anilines is 1. The van der Waals surface area contributed by atoms with Crippen molar-refractivity contribution in [3.8, 4) is 11.8 Å². The number of benzene rings is 1. The molecule has 5 atom stereocenters. The average Bonchev–Trinajstić information content (AvgIpc) is 3.11. The number of carbonyl (C=O) groups is 1. The minimum Gasteiger partial charge on any atom is -0.378 e. The first-order valence-electron chi connectivity index (χ1n) is 12.8. The third-order valence-corrected chi connectivity index (χ3v) is 9.58. The summed E-state index contributed by atoms with van der Waals surface area (Å²) in [5.74, 6) is 8.21. The van der Waals surface area contributed by atoms with Gasteiger partial charge in [-0.3, -0.25) is 4.79 Å². The van der Waals surface area contributed by atoms with E-state index >= 15 is 0 Å². The van der Waals surface area contributed by atoms with Gasteiger partial charge in [-0.2, -0.15) is 5.06 Å². The van der Waals surface area contributed by atoms with Crippen LogP contribution in [0.15, 0.2) is 47.1 Å². The Kier molecular flexibility index (Phi) is 5.78. The molecule has 1 N–H and O–H groups in total. The quantitative estimate of drug-likeness (QED) is 0.464. The van der Waals surface area contributed by atoms with Crippen LogP contribution in [0, 0.1) is 29.1 Å². The summed E-state index contributed by atoms with van der Waals surface area (Å²) in [6.45, 7) is 4.28. The van der Waals surface area contributed by atoms with E-state index in [-0.39, 0.29) is 17.1 Å². The molecule has 4 aliphatic rings. The summed E-state index contributed by atoms with van der Waals surface area (Å²) in [5, 5.41) is 12.4. The van der Waals surface area contributed by atoms with Gasteiger partial charge < -0.3 is 10.1 Å². The minimum atomic E-state index is -0.525. The second-order valence-electron chi connectivity index (χ2n) is 11.3. The first kappa shape index (κ1) is 23.4. The number of allylic oxidation sites excluding steroid dienone is 4. The van der Waals surface area contributed by atoms with Gasteiger partial charge in [0.1, 0.15) is 5.54 Å². The predicted octanol–water partition coefficient (Wildman–Crippen LogP) is 5.74. The largest absolute Gasteiger partial charge is 0.378 e. The van der Waals surface area contributed by atoms with Gasteiger partial charge in [0.15, 0.2) is 5.78 Å². The van der Waals surface area contributed by atoms with Gasteiger partial charge in [-0.05, 0) is 92.2 Å². The van der Waals surface area contributed by atoms with E-state index in [1.165, 1.54) is 27.5 Å². The van der Waals surface area contributed by atoms with Crippen molar-refractivity contribution >= 4 is 11.5 Å². The van der Waals surface area contributed by atoms with Gasteiger partial charge in [0.2, 0.25) is 0 Å². The highest BCUT2D eigenvalue weighted by atomic mass is 16.5. The average molecular weight is 459 g/mol. The molecule has 0 saturated heterocycles. The number of hydrogen-bond acceptors (Lipinski definition) is 4. The molecule has 0 aliphatic heterocycles. The molecule has 2 saturated carbocycles. The lowest BCUT2D eigenvalue weighted by molar-refractivity contribution is -0.174. The lowest BCUT2D eigenvalue weighted by Crippen LogP contribution is -2.57. The molecule has 2 unspecified atom stereocenters. The van der Waals surface area contributed by atoms with Gasteiger partial charge in [0.25, 0.3) is 0 Å². The fraction of sp³-hybridized carbons (Fsp3) is 0.567. The SMILES string of the molecule is CC#CC1(N(C)O)CC[C@H]2[C@@H]3CCC4=CC(=O)CCC4=C3C(c3ccc(N(C)C)cc3)C[C@@]21C. The maximum atomic E-state index is 12.2. The van der Waals surface area contributed by atoms with Crippen LogP contribution in [0.5, 0.6) is 0 Å². The van der Waals surface area contributed by atoms with E-state index in [1.54, 1.807) is 12.6 Å². The second kappa shape index (κ2) is 8.40. The van der Waals surface area contributed by atoms with Crippen molar-refractivity contribution in [3.63, 3.8) is 0 Å². The van der Waals surface area contributed by atoms with Crippen LogP contribution in [-0.2, 0) is 4.79 Å². The van der Waals surface area contributed by atoms with Crippen LogP contribution < -0.4 is 4.90 Å². The molecule has 0 spiro atoms. The van der Waals surface area contributed by atoms with Crippen molar-refractivity contribution < 1.29 is 10.0 Å². The Labute approximate surface area is 204 Å². The van der Waals surface area contributed by atoms with Crippen molar-refractivity contribution in [2.24, 2.45) is 17.3 Å². The van der Waals surface area contributed by atoms with Crippen LogP contribution in [0.4, 0.5) is 5.69 Å². The smallest absolute Gasteiger partial charge is 0.156 e. The predicted molar refractivity (Wildman–Crippen MR) is 137 cm³/mol.